The van der Waals surface area contributed by atoms with Gasteiger partial charge >= 0.3 is 6.03 Å². The lowest BCUT2D eigenvalue weighted by molar-refractivity contribution is -0.133. The molecule has 0 unspecified atom stereocenters. The number of anilines is 1. The molecule has 1 aromatic carbocycles. The second-order valence-corrected chi connectivity index (χ2v) is 7.50. The Bertz CT molecular complexity index is 755. The molecule has 152 valence electrons. The van der Waals surface area contributed by atoms with Crippen molar-refractivity contribution in [2.75, 3.05) is 25.0 Å². The molecule has 2 rings (SSSR count). The summed E-state index contributed by atoms with van der Waals surface area (Å²) in [6, 6.07) is 13.1. The highest BCUT2D eigenvalue weighted by atomic mass is 16.2. The van der Waals surface area contributed by atoms with Crippen LogP contribution < -0.4 is 5.32 Å². The van der Waals surface area contributed by atoms with Crippen molar-refractivity contribution in [3.05, 3.63) is 54.4 Å². The van der Waals surface area contributed by atoms with Crippen LogP contribution in [0.1, 0.15) is 32.9 Å². The number of rotatable bonds is 9. The molecule has 28 heavy (non-hydrogen) atoms. The lowest BCUT2D eigenvalue weighted by atomic mass is 10.2. The summed E-state index contributed by atoms with van der Waals surface area (Å²) >= 11 is 0. The Labute approximate surface area is 168 Å². The molecule has 0 spiro atoms. The van der Waals surface area contributed by atoms with Crippen molar-refractivity contribution in [2.24, 2.45) is 13.0 Å². The summed E-state index contributed by atoms with van der Waals surface area (Å²) in [6.07, 6.45) is 2.77. The fourth-order valence-corrected chi connectivity index (χ4v) is 3.06. The van der Waals surface area contributed by atoms with Gasteiger partial charge in [0.05, 0.1) is 6.54 Å². The number of nitrogens with one attached hydrogen (secondary N) is 1. The molecule has 0 atom stereocenters. The summed E-state index contributed by atoms with van der Waals surface area (Å²) in [6.45, 7) is 8.00. The highest BCUT2D eigenvalue weighted by Gasteiger charge is 2.22. The van der Waals surface area contributed by atoms with Crippen molar-refractivity contribution in [2.45, 2.75) is 33.7 Å². The summed E-state index contributed by atoms with van der Waals surface area (Å²) in [4.78, 5) is 29.2. The third-order valence-electron chi connectivity index (χ3n) is 4.47. The van der Waals surface area contributed by atoms with Gasteiger partial charge in [0, 0.05) is 37.7 Å². The number of para-hydroxylation sites is 1. The highest BCUT2D eigenvalue weighted by Crippen LogP contribution is 2.11. The summed E-state index contributed by atoms with van der Waals surface area (Å²) in [7, 11) is 1.98. The predicted octanol–water partition coefficient (Wildman–Crippen LogP) is 3.95. The lowest BCUT2D eigenvalue weighted by Gasteiger charge is -2.29. The van der Waals surface area contributed by atoms with E-state index in [0.29, 0.717) is 25.6 Å². The zero-order valence-electron chi connectivity index (χ0n) is 17.4. The van der Waals surface area contributed by atoms with Gasteiger partial charge in [-0.15, -0.1) is 0 Å². The molecule has 0 aliphatic heterocycles. The van der Waals surface area contributed by atoms with Crippen LogP contribution in [0.5, 0.6) is 0 Å². The molecule has 0 radical (unpaired) electrons. The van der Waals surface area contributed by atoms with Gasteiger partial charge < -0.3 is 19.7 Å². The van der Waals surface area contributed by atoms with Crippen LogP contribution >= 0.6 is 0 Å². The molecule has 1 aromatic heterocycles. The maximum Gasteiger partial charge on any atom is 0.322 e. The van der Waals surface area contributed by atoms with Crippen molar-refractivity contribution in [3.8, 4) is 0 Å². The van der Waals surface area contributed by atoms with E-state index in [1.807, 2.05) is 72.1 Å². The minimum atomic E-state index is -0.246. The van der Waals surface area contributed by atoms with Gasteiger partial charge in [0.1, 0.15) is 6.54 Å². The predicted molar refractivity (Wildman–Crippen MR) is 113 cm³/mol. The van der Waals surface area contributed by atoms with Crippen LogP contribution in [-0.4, -0.2) is 45.9 Å². The van der Waals surface area contributed by atoms with Crippen LogP contribution in [0.25, 0.3) is 0 Å². The largest absolute Gasteiger partial charge is 0.353 e. The smallest absolute Gasteiger partial charge is 0.322 e. The van der Waals surface area contributed by atoms with Gasteiger partial charge in [-0.25, -0.2) is 4.79 Å². The number of hydrogen-bond donors (Lipinski definition) is 1. The number of aryl methyl sites for hydroxylation is 1. The quantitative estimate of drug-likeness (QED) is 0.712. The van der Waals surface area contributed by atoms with E-state index in [-0.39, 0.29) is 18.5 Å². The summed E-state index contributed by atoms with van der Waals surface area (Å²) in [5.74, 6) is 0.313. The molecular weight excluding hydrogens is 352 g/mol. The number of nitrogens with zero attached hydrogens (tertiary/aromatic N) is 3. The number of amides is 3. The number of aromatic nitrogens is 1. The first-order valence-electron chi connectivity index (χ1n) is 9.89. The van der Waals surface area contributed by atoms with Crippen LogP contribution in [0.3, 0.4) is 0 Å². The standard InChI is InChI=1S/C22H32N4O2/c1-5-13-25(22(28)23-19-10-7-6-8-11-19)17-21(27)26(15-18(2)3)16-20-12-9-14-24(20)4/h6-12,14,18H,5,13,15-17H2,1-4H3,(H,23,28). The van der Waals surface area contributed by atoms with Crippen molar-refractivity contribution in [3.63, 3.8) is 0 Å². The van der Waals surface area contributed by atoms with Crippen molar-refractivity contribution >= 4 is 17.6 Å². The van der Waals surface area contributed by atoms with E-state index in [1.54, 1.807) is 4.90 Å². The fourth-order valence-electron chi connectivity index (χ4n) is 3.06. The Hall–Kier alpha value is -2.76. The van der Waals surface area contributed by atoms with Gasteiger partial charge in [-0.3, -0.25) is 4.79 Å². The molecule has 0 aliphatic rings. The van der Waals surface area contributed by atoms with Gasteiger partial charge in [0.15, 0.2) is 0 Å². The van der Waals surface area contributed by atoms with E-state index in [9.17, 15) is 9.59 Å². The zero-order chi connectivity index (χ0) is 20.5. The SMILES string of the molecule is CCCN(CC(=O)N(Cc1cccn1C)CC(C)C)C(=O)Nc1ccccc1. The minimum Gasteiger partial charge on any atom is -0.353 e. The lowest BCUT2D eigenvalue weighted by Crippen LogP contribution is -2.45. The van der Waals surface area contributed by atoms with Crippen molar-refractivity contribution in [1.29, 1.82) is 0 Å². The third kappa shape index (κ3) is 6.44. The first-order valence-corrected chi connectivity index (χ1v) is 9.89. The molecule has 3 amide bonds. The molecule has 1 heterocycles. The Morgan fingerprint density at radius 1 is 1.07 bits per heavy atom. The molecule has 0 bridgehead atoms. The molecule has 0 aliphatic carbocycles. The average Bonchev–Trinajstić information content (AvgIpc) is 3.06. The molecule has 1 N–H and O–H groups in total. The monoisotopic (exact) mass is 384 g/mol. The van der Waals surface area contributed by atoms with E-state index >= 15 is 0 Å². The maximum atomic E-state index is 13.1. The summed E-state index contributed by atoms with van der Waals surface area (Å²) < 4.78 is 2.02. The Morgan fingerprint density at radius 3 is 2.36 bits per heavy atom. The van der Waals surface area contributed by atoms with Crippen LogP contribution in [0, 0.1) is 5.92 Å². The normalized spacial score (nSPS) is 10.8. The number of urea groups is 1. The van der Waals surface area contributed by atoms with E-state index in [4.69, 9.17) is 0 Å². The molecule has 0 fully saturated rings. The maximum absolute atomic E-state index is 13.1. The topological polar surface area (TPSA) is 57.6 Å². The van der Waals surface area contributed by atoms with Gasteiger partial charge in [0.25, 0.3) is 0 Å². The van der Waals surface area contributed by atoms with Gasteiger partial charge in [-0.1, -0.05) is 39.0 Å². The number of carbonyl (C=O) groups excluding carboxylic acids is 2. The third-order valence-corrected chi connectivity index (χ3v) is 4.47. The van der Waals surface area contributed by atoms with Crippen LogP contribution in [0.4, 0.5) is 10.5 Å². The van der Waals surface area contributed by atoms with E-state index < -0.39 is 0 Å². The highest BCUT2D eigenvalue weighted by molar-refractivity contribution is 5.92. The van der Waals surface area contributed by atoms with Gasteiger partial charge in [0.2, 0.25) is 5.91 Å². The van der Waals surface area contributed by atoms with E-state index in [2.05, 4.69) is 19.2 Å². The molecule has 0 saturated heterocycles. The average molecular weight is 385 g/mol. The molecule has 6 heteroatoms. The van der Waals surface area contributed by atoms with Gasteiger partial charge in [-0.05, 0) is 36.6 Å². The molecular formula is C22H32N4O2. The second-order valence-electron chi connectivity index (χ2n) is 7.50. The number of benzene rings is 1. The molecule has 0 saturated carbocycles. The fraction of sp³-hybridized carbons (Fsp3) is 0.455. The Balaban J connectivity index is 2.07. The van der Waals surface area contributed by atoms with Crippen molar-refractivity contribution < 1.29 is 9.59 Å². The van der Waals surface area contributed by atoms with Crippen LogP contribution in [-0.2, 0) is 18.4 Å². The van der Waals surface area contributed by atoms with Gasteiger partial charge in [-0.2, -0.15) is 0 Å². The van der Waals surface area contributed by atoms with Crippen LogP contribution in [0.15, 0.2) is 48.7 Å². The van der Waals surface area contributed by atoms with Crippen LogP contribution in [0.2, 0.25) is 0 Å². The van der Waals surface area contributed by atoms with E-state index in [1.165, 1.54) is 0 Å². The molecule has 6 nitrogen and oxygen atoms in total. The first kappa shape index (κ1) is 21.5. The second kappa shape index (κ2) is 10.5. The number of carbonyl (C=O) groups is 2. The minimum absolute atomic E-state index is 0.0356. The first-order chi connectivity index (χ1) is 13.4. The molecule has 2 aromatic rings. The summed E-state index contributed by atoms with van der Waals surface area (Å²) in [5, 5.41) is 2.88. The summed E-state index contributed by atoms with van der Waals surface area (Å²) in [5.41, 5.74) is 1.80. The Kier molecular flexibility index (Phi) is 8.11. The van der Waals surface area contributed by atoms with E-state index in [0.717, 1.165) is 17.8 Å². The van der Waals surface area contributed by atoms with Crippen molar-refractivity contribution in [1.82, 2.24) is 14.4 Å². The Morgan fingerprint density at radius 2 is 1.79 bits per heavy atom. The number of hydrogen-bond acceptors (Lipinski definition) is 2. The zero-order valence-corrected chi connectivity index (χ0v) is 17.4.